The van der Waals surface area contributed by atoms with Gasteiger partial charge in [-0.1, -0.05) is 68.4 Å². The third-order valence-corrected chi connectivity index (χ3v) is 4.84. The van der Waals surface area contributed by atoms with Crippen LogP contribution in [0, 0.1) is 0 Å². The molecule has 2 atom stereocenters. The van der Waals surface area contributed by atoms with Gasteiger partial charge in [0, 0.05) is 18.8 Å². The highest BCUT2D eigenvalue weighted by Gasteiger charge is 2.22. The van der Waals surface area contributed by atoms with Crippen LogP contribution in [0.5, 0.6) is 0 Å². The van der Waals surface area contributed by atoms with Gasteiger partial charge in [-0.15, -0.1) is 0 Å². The van der Waals surface area contributed by atoms with Crippen LogP contribution in [0.2, 0.25) is 0 Å². The molecule has 0 aromatic carbocycles. The molecule has 0 rings (SSSR count). The SMILES string of the molecule is CCCCC/C=C/C/C=C/CC(/C=C/C=C/CCCC(=O)OC(CC(=O)[O-])C[N+](C)(C)C)O[O]. The van der Waals surface area contributed by atoms with Crippen LogP contribution in [0.4, 0.5) is 0 Å². The molecular weight excluding hydrogens is 434 g/mol. The van der Waals surface area contributed by atoms with E-state index in [0.29, 0.717) is 30.3 Å². The number of rotatable bonds is 20. The van der Waals surface area contributed by atoms with Crippen molar-refractivity contribution in [3.05, 3.63) is 48.6 Å². The minimum Gasteiger partial charge on any atom is -0.550 e. The molecule has 34 heavy (non-hydrogen) atoms. The summed E-state index contributed by atoms with van der Waals surface area (Å²) in [5, 5.41) is 21.8. The number of carboxylic acids is 1. The van der Waals surface area contributed by atoms with Crippen molar-refractivity contribution in [2.75, 3.05) is 27.7 Å². The fourth-order valence-electron chi connectivity index (χ4n) is 3.19. The Labute approximate surface area is 206 Å². The fraction of sp³-hybridized carbons (Fsp3) is 0.630. The second kappa shape index (κ2) is 20.2. The molecule has 7 nitrogen and oxygen atoms in total. The summed E-state index contributed by atoms with van der Waals surface area (Å²) in [4.78, 5) is 27.1. The number of carboxylic acid groups (broad SMARTS) is 1. The standard InChI is InChI=1S/C27H44NO6/c1-5-6-7-8-9-10-11-13-16-19-24(34-32)20-17-14-12-15-18-21-27(31)33-25(22-26(29)30)23-28(2,3)4/h9-10,12-14,16-17,20,24-25H,5-8,11,15,18-19,21-23H2,1-4H3/b10-9+,14-12+,16-13+,20-17+. The first kappa shape index (κ1) is 31.8. The Morgan fingerprint density at radius 3 is 2.29 bits per heavy atom. The Balaban J connectivity index is 4.15. The summed E-state index contributed by atoms with van der Waals surface area (Å²) >= 11 is 0. The van der Waals surface area contributed by atoms with Crippen molar-refractivity contribution in [1.29, 1.82) is 0 Å². The molecule has 0 aromatic heterocycles. The van der Waals surface area contributed by atoms with E-state index in [4.69, 9.17) is 4.74 Å². The van der Waals surface area contributed by atoms with E-state index in [2.05, 4.69) is 24.0 Å². The number of allylic oxidation sites excluding steroid dienone is 6. The van der Waals surface area contributed by atoms with E-state index >= 15 is 0 Å². The summed E-state index contributed by atoms with van der Waals surface area (Å²) < 4.78 is 5.81. The molecule has 1 radical (unpaired) electrons. The fourth-order valence-corrected chi connectivity index (χ4v) is 3.19. The predicted molar refractivity (Wildman–Crippen MR) is 132 cm³/mol. The van der Waals surface area contributed by atoms with Crippen LogP contribution in [0.25, 0.3) is 0 Å². The minimum absolute atomic E-state index is 0.207. The number of carbonyl (C=O) groups is 2. The van der Waals surface area contributed by atoms with Gasteiger partial charge in [0.15, 0.2) is 6.10 Å². The molecule has 7 heteroatoms. The molecule has 0 fully saturated rings. The first-order valence-electron chi connectivity index (χ1n) is 12.3. The zero-order valence-electron chi connectivity index (χ0n) is 21.4. The Bertz CT molecular complexity index is 661. The van der Waals surface area contributed by atoms with Crippen molar-refractivity contribution in [3.63, 3.8) is 0 Å². The number of hydrogen-bond donors (Lipinski definition) is 0. The number of unbranched alkanes of at least 4 members (excludes halogenated alkanes) is 4. The lowest BCUT2D eigenvalue weighted by Crippen LogP contribution is -2.45. The second-order valence-electron chi connectivity index (χ2n) is 9.41. The van der Waals surface area contributed by atoms with Gasteiger partial charge in [-0.3, -0.25) is 4.79 Å². The Hall–Kier alpha value is -2.22. The zero-order chi connectivity index (χ0) is 25.7. The van der Waals surface area contributed by atoms with E-state index < -0.39 is 24.1 Å². The van der Waals surface area contributed by atoms with E-state index in [1.165, 1.54) is 19.3 Å². The Morgan fingerprint density at radius 2 is 1.65 bits per heavy atom. The number of nitrogens with zero attached hydrogens (tertiary/aromatic N) is 1. The largest absolute Gasteiger partial charge is 0.550 e. The van der Waals surface area contributed by atoms with E-state index in [1.807, 2.05) is 45.4 Å². The summed E-state index contributed by atoms with van der Waals surface area (Å²) in [5.74, 6) is -1.64. The Morgan fingerprint density at radius 1 is 0.941 bits per heavy atom. The number of likely N-dealkylation sites (N-methyl/N-ethyl adjacent to an activating group) is 1. The number of quaternary nitrogens is 1. The van der Waals surface area contributed by atoms with Gasteiger partial charge in [0.1, 0.15) is 12.6 Å². The highest BCUT2D eigenvalue weighted by Crippen LogP contribution is 2.08. The van der Waals surface area contributed by atoms with E-state index in [9.17, 15) is 20.0 Å². The number of esters is 1. The zero-order valence-corrected chi connectivity index (χ0v) is 21.4. The van der Waals surface area contributed by atoms with Crippen molar-refractivity contribution < 1.29 is 34.1 Å². The van der Waals surface area contributed by atoms with Gasteiger partial charge in [0.05, 0.1) is 21.1 Å². The molecule has 193 valence electrons. The molecule has 0 amide bonds. The van der Waals surface area contributed by atoms with Crippen LogP contribution in [0.15, 0.2) is 48.6 Å². The molecule has 0 spiro atoms. The molecule has 0 bridgehead atoms. The van der Waals surface area contributed by atoms with E-state index in [1.54, 1.807) is 12.2 Å². The van der Waals surface area contributed by atoms with Gasteiger partial charge < -0.3 is 19.1 Å². The topological polar surface area (TPSA) is 95.6 Å². The van der Waals surface area contributed by atoms with Crippen LogP contribution in [-0.4, -0.2) is 56.3 Å². The van der Waals surface area contributed by atoms with Crippen LogP contribution in [0.1, 0.15) is 71.1 Å². The average Bonchev–Trinajstić information content (AvgIpc) is 2.74. The van der Waals surface area contributed by atoms with E-state index in [-0.39, 0.29) is 12.8 Å². The third-order valence-electron chi connectivity index (χ3n) is 4.84. The molecular formula is C27H44NO6. The lowest BCUT2D eigenvalue weighted by molar-refractivity contribution is -0.873. The first-order chi connectivity index (χ1) is 16.2. The van der Waals surface area contributed by atoms with Gasteiger partial charge in [-0.05, 0) is 43.8 Å². The molecule has 0 saturated carbocycles. The van der Waals surface area contributed by atoms with Crippen LogP contribution in [-0.2, 0) is 24.5 Å². The van der Waals surface area contributed by atoms with Gasteiger partial charge >= 0.3 is 5.97 Å². The van der Waals surface area contributed by atoms with E-state index in [0.717, 1.165) is 12.8 Å². The molecule has 0 aliphatic rings. The summed E-state index contributed by atoms with van der Waals surface area (Å²) in [6.07, 6.45) is 21.6. The number of hydrogen-bond acceptors (Lipinski definition) is 5. The number of ether oxygens (including phenoxy) is 1. The molecule has 0 saturated heterocycles. The van der Waals surface area contributed by atoms with Crippen molar-refractivity contribution in [1.82, 2.24) is 0 Å². The highest BCUT2D eigenvalue weighted by atomic mass is 17.1. The average molecular weight is 479 g/mol. The summed E-state index contributed by atoms with van der Waals surface area (Å²) in [6.45, 7) is 2.59. The van der Waals surface area contributed by atoms with Crippen LogP contribution < -0.4 is 5.11 Å². The maximum absolute atomic E-state index is 12.0. The summed E-state index contributed by atoms with van der Waals surface area (Å²) in [6, 6.07) is 0. The molecule has 2 unspecified atom stereocenters. The van der Waals surface area contributed by atoms with Crippen molar-refractivity contribution in [2.24, 2.45) is 0 Å². The summed E-state index contributed by atoms with van der Waals surface area (Å²) in [5.41, 5.74) is 0. The molecule has 0 heterocycles. The second-order valence-corrected chi connectivity index (χ2v) is 9.41. The van der Waals surface area contributed by atoms with Gasteiger partial charge in [0.2, 0.25) is 0 Å². The summed E-state index contributed by atoms with van der Waals surface area (Å²) in [7, 11) is 5.71. The number of carbonyl (C=O) groups excluding carboxylic acids is 2. The smallest absolute Gasteiger partial charge is 0.306 e. The lowest BCUT2D eigenvalue weighted by atomic mass is 10.2. The van der Waals surface area contributed by atoms with Gasteiger partial charge in [-0.2, -0.15) is 4.89 Å². The monoisotopic (exact) mass is 478 g/mol. The first-order valence-corrected chi connectivity index (χ1v) is 12.3. The minimum atomic E-state index is -1.23. The molecule has 0 N–H and O–H groups in total. The lowest BCUT2D eigenvalue weighted by Gasteiger charge is -2.29. The van der Waals surface area contributed by atoms with Crippen molar-refractivity contribution in [3.8, 4) is 0 Å². The predicted octanol–water partition coefficient (Wildman–Crippen LogP) is 4.23. The molecule has 0 aromatic rings. The van der Waals surface area contributed by atoms with Gasteiger partial charge in [0.25, 0.3) is 0 Å². The molecule has 0 aliphatic heterocycles. The van der Waals surface area contributed by atoms with Crippen LogP contribution >= 0.6 is 0 Å². The van der Waals surface area contributed by atoms with Crippen LogP contribution in [0.3, 0.4) is 0 Å². The maximum Gasteiger partial charge on any atom is 0.306 e. The van der Waals surface area contributed by atoms with Crippen molar-refractivity contribution in [2.45, 2.75) is 83.3 Å². The highest BCUT2D eigenvalue weighted by molar-refractivity contribution is 5.70. The normalized spacial score (nSPS) is 14.5. The Kier molecular flexibility index (Phi) is 18.9. The maximum atomic E-state index is 12.0. The third kappa shape index (κ3) is 21.6. The molecule has 0 aliphatic carbocycles. The van der Waals surface area contributed by atoms with Crippen molar-refractivity contribution >= 4 is 11.9 Å². The van der Waals surface area contributed by atoms with Gasteiger partial charge in [-0.25, -0.2) is 0 Å². The quantitative estimate of drug-likeness (QED) is 0.0496. The number of aliphatic carboxylic acids is 1.